The van der Waals surface area contributed by atoms with E-state index in [4.69, 9.17) is 0 Å². The maximum atomic E-state index is 12.3. The molecule has 3 nitrogen and oxygen atoms in total. The average Bonchev–Trinajstić information content (AvgIpc) is 2.46. The standard InChI is InChI=1S/C17H32N2O/c1-15(2)14-16-6-12-19(13-7-16)17(20)8-11-18-9-4-3-5-10-18/h15-16H,3-14H2,1-2H3. The number of carbonyl (C=O) groups excluding carboxylic acids is 1. The van der Waals surface area contributed by atoms with Crippen LogP contribution in [0.25, 0.3) is 0 Å². The second-order valence-electron chi connectivity index (χ2n) is 7.11. The van der Waals surface area contributed by atoms with Gasteiger partial charge in [-0.3, -0.25) is 4.79 Å². The summed E-state index contributed by atoms with van der Waals surface area (Å²) in [7, 11) is 0. The summed E-state index contributed by atoms with van der Waals surface area (Å²) >= 11 is 0. The molecule has 0 saturated carbocycles. The minimum atomic E-state index is 0.388. The van der Waals surface area contributed by atoms with Crippen molar-refractivity contribution in [3.05, 3.63) is 0 Å². The van der Waals surface area contributed by atoms with Crippen molar-refractivity contribution >= 4 is 5.91 Å². The zero-order valence-electron chi connectivity index (χ0n) is 13.4. The molecule has 0 aromatic carbocycles. The molecule has 0 atom stereocenters. The van der Waals surface area contributed by atoms with Gasteiger partial charge in [0.2, 0.25) is 5.91 Å². The number of carbonyl (C=O) groups is 1. The third kappa shape index (κ3) is 5.08. The van der Waals surface area contributed by atoms with Crippen LogP contribution in [0.4, 0.5) is 0 Å². The second kappa shape index (κ2) is 8.02. The molecule has 0 aromatic heterocycles. The SMILES string of the molecule is CC(C)CC1CCN(C(=O)CCN2CCCCC2)CC1. The molecule has 0 aliphatic carbocycles. The van der Waals surface area contributed by atoms with Crippen LogP contribution in [0.1, 0.15) is 58.8 Å². The fraction of sp³-hybridized carbons (Fsp3) is 0.941. The lowest BCUT2D eigenvalue weighted by Crippen LogP contribution is -2.40. The molecule has 3 heteroatoms. The zero-order chi connectivity index (χ0) is 14.4. The Morgan fingerprint density at radius 2 is 1.70 bits per heavy atom. The topological polar surface area (TPSA) is 23.6 Å². The van der Waals surface area contributed by atoms with Crippen LogP contribution in [0, 0.1) is 11.8 Å². The molecular formula is C17H32N2O. The van der Waals surface area contributed by atoms with E-state index in [0.29, 0.717) is 5.91 Å². The van der Waals surface area contributed by atoms with Gasteiger partial charge in [-0.1, -0.05) is 20.3 Å². The summed E-state index contributed by atoms with van der Waals surface area (Å²) in [5.74, 6) is 2.03. The van der Waals surface area contributed by atoms with Crippen molar-refractivity contribution in [3.8, 4) is 0 Å². The van der Waals surface area contributed by atoms with Crippen molar-refractivity contribution in [3.63, 3.8) is 0 Å². The van der Waals surface area contributed by atoms with Gasteiger partial charge >= 0.3 is 0 Å². The molecule has 2 rings (SSSR count). The van der Waals surface area contributed by atoms with E-state index in [9.17, 15) is 4.79 Å². The van der Waals surface area contributed by atoms with Gasteiger partial charge in [0, 0.05) is 26.1 Å². The Labute approximate surface area is 124 Å². The Hall–Kier alpha value is -0.570. The third-order valence-corrected chi connectivity index (χ3v) is 4.86. The van der Waals surface area contributed by atoms with Gasteiger partial charge < -0.3 is 9.80 Å². The molecule has 0 bridgehead atoms. The molecule has 2 aliphatic heterocycles. The predicted octanol–water partition coefficient (Wildman–Crippen LogP) is 3.15. The highest BCUT2D eigenvalue weighted by molar-refractivity contribution is 5.76. The van der Waals surface area contributed by atoms with Crippen molar-refractivity contribution in [2.24, 2.45) is 11.8 Å². The molecule has 1 amide bonds. The van der Waals surface area contributed by atoms with Crippen molar-refractivity contribution in [1.82, 2.24) is 9.80 Å². The van der Waals surface area contributed by atoms with E-state index >= 15 is 0 Å². The molecule has 0 spiro atoms. The molecule has 2 heterocycles. The van der Waals surface area contributed by atoms with Crippen LogP contribution in [0.15, 0.2) is 0 Å². The minimum absolute atomic E-state index is 0.388. The van der Waals surface area contributed by atoms with Crippen LogP contribution in [0.5, 0.6) is 0 Å². The highest BCUT2D eigenvalue weighted by atomic mass is 16.2. The number of rotatable bonds is 5. The second-order valence-corrected chi connectivity index (χ2v) is 7.11. The molecule has 2 fully saturated rings. The van der Waals surface area contributed by atoms with E-state index in [1.165, 1.54) is 51.6 Å². The number of amides is 1. The highest BCUT2D eigenvalue weighted by Crippen LogP contribution is 2.24. The quantitative estimate of drug-likeness (QED) is 0.772. The van der Waals surface area contributed by atoms with Gasteiger partial charge in [0.25, 0.3) is 0 Å². The van der Waals surface area contributed by atoms with Gasteiger partial charge in [0.1, 0.15) is 0 Å². The molecule has 0 aromatic rings. The molecule has 0 unspecified atom stereocenters. The predicted molar refractivity (Wildman–Crippen MR) is 83.7 cm³/mol. The highest BCUT2D eigenvalue weighted by Gasteiger charge is 2.23. The molecule has 116 valence electrons. The smallest absolute Gasteiger partial charge is 0.223 e. The zero-order valence-corrected chi connectivity index (χ0v) is 13.4. The Balaban J connectivity index is 1.64. The lowest BCUT2D eigenvalue weighted by Gasteiger charge is -2.33. The first kappa shape index (κ1) is 15.8. The summed E-state index contributed by atoms with van der Waals surface area (Å²) in [6.07, 6.45) is 8.49. The van der Waals surface area contributed by atoms with Crippen LogP contribution in [-0.4, -0.2) is 48.4 Å². The minimum Gasteiger partial charge on any atom is -0.343 e. The van der Waals surface area contributed by atoms with Gasteiger partial charge in [-0.05, 0) is 57.0 Å². The number of nitrogens with zero attached hydrogens (tertiary/aromatic N) is 2. The van der Waals surface area contributed by atoms with Crippen molar-refractivity contribution in [2.45, 2.75) is 58.8 Å². The summed E-state index contributed by atoms with van der Waals surface area (Å²) < 4.78 is 0. The summed E-state index contributed by atoms with van der Waals surface area (Å²) in [5, 5.41) is 0. The number of piperidine rings is 2. The van der Waals surface area contributed by atoms with E-state index in [1.807, 2.05) is 0 Å². The maximum absolute atomic E-state index is 12.3. The van der Waals surface area contributed by atoms with E-state index in [1.54, 1.807) is 0 Å². The third-order valence-electron chi connectivity index (χ3n) is 4.86. The monoisotopic (exact) mass is 280 g/mol. The molecule has 2 aliphatic rings. The molecule has 20 heavy (non-hydrogen) atoms. The van der Waals surface area contributed by atoms with E-state index in [-0.39, 0.29) is 0 Å². The van der Waals surface area contributed by atoms with Gasteiger partial charge in [-0.2, -0.15) is 0 Å². The molecule has 0 radical (unpaired) electrons. The van der Waals surface area contributed by atoms with Crippen molar-refractivity contribution in [1.29, 1.82) is 0 Å². The summed E-state index contributed by atoms with van der Waals surface area (Å²) in [4.78, 5) is 16.8. The lowest BCUT2D eigenvalue weighted by atomic mass is 9.88. The van der Waals surface area contributed by atoms with E-state index in [0.717, 1.165) is 37.9 Å². The maximum Gasteiger partial charge on any atom is 0.223 e. The van der Waals surface area contributed by atoms with Crippen LogP contribution < -0.4 is 0 Å². The molecular weight excluding hydrogens is 248 g/mol. The number of likely N-dealkylation sites (tertiary alicyclic amines) is 2. The average molecular weight is 280 g/mol. The van der Waals surface area contributed by atoms with Gasteiger partial charge in [0.15, 0.2) is 0 Å². The van der Waals surface area contributed by atoms with Crippen molar-refractivity contribution < 1.29 is 4.79 Å². The first-order valence-electron chi connectivity index (χ1n) is 8.65. The van der Waals surface area contributed by atoms with Crippen LogP contribution in [0.3, 0.4) is 0 Å². The Bertz CT molecular complexity index is 289. The first-order chi connectivity index (χ1) is 9.65. The molecule has 0 N–H and O–H groups in total. The van der Waals surface area contributed by atoms with Gasteiger partial charge in [-0.15, -0.1) is 0 Å². The summed E-state index contributed by atoms with van der Waals surface area (Å²) in [6.45, 7) is 9.97. The van der Waals surface area contributed by atoms with Gasteiger partial charge in [-0.25, -0.2) is 0 Å². The number of hydrogen-bond acceptors (Lipinski definition) is 2. The van der Waals surface area contributed by atoms with E-state index < -0.39 is 0 Å². The largest absolute Gasteiger partial charge is 0.343 e. The van der Waals surface area contributed by atoms with Gasteiger partial charge in [0.05, 0.1) is 0 Å². The number of hydrogen-bond donors (Lipinski definition) is 0. The fourth-order valence-corrected chi connectivity index (χ4v) is 3.68. The van der Waals surface area contributed by atoms with Crippen LogP contribution >= 0.6 is 0 Å². The Morgan fingerprint density at radius 3 is 2.30 bits per heavy atom. The van der Waals surface area contributed by atoms with Crippen LogP contribution in [-0.2, 0) is 4.79 Å². The summed E-state index contributed by atoms with van der Waals surface area (Å²) in [5.41, 5.74) is 0. The first-order valence-corrected chi connectivity index (χ1v) is 8.65. The normalized spacial score (nSPS) is 22.4. The lowest BCUT2D eigenvalue weighted by molar-refractivity contribution is -0.133. The Kier molecular flexibility index (Phi) is 6.34. The Morgan fingerprint density at radius 1 is 1.05 bits per heavy atom. The van der Waals surface area contributed by atoms with E-state index in [2.05, 4.69) is 23.6 Å². The molecule has 2 saturated heterocycles. The fourth-order valence-electron chi connectivity index (χ4n) is 3.68. The van der Waals surface area contributed by atoms with Crippen molar-refractivity contribution in [2.75, 3.05) is 32.7 Å². The van der Waals surface area contributed by atoms with Crippen LogP contribution in [0.2, 0.25) is 0 Å². The summed E-state index contributed by atoms with van der Waals surface area (Å²) in [6, 6.07) is 0.